The molecule has 2 aromatic rings. The number of aryl methyl sites for hydroxylation is 1. The third-order valence-electron chi connectivity index (χ3n) is 4.69. The van der Waals surface area contributed by atoms with Crippen LogP contribution in [0.2, 0.25) is 0 Å². The number of esters is 2. The second-order valence-electron chi connectivity index (χ2n) is 8.37. The van der Waals surface area contributed by atoms with Crippen LogP contribution in [0.15, 0.2) is 11.1 Å². The summed E-state index contributed by atoms with van der Waals surface area (Å²) in [4.78, 5) is 46.6. The molecule has 0 radical (unpaired) electrons. The molecule has 2 aromatic heterocycles. The highest BCUT2D eigenvalue weighted by atomic mass is 35.5. The van der Waals surface area contributed by atoms with E-state index in [-0.39, 0.29) is 60.8 Å². The molecule has 0 saturated carbocycles. The number of nitrogens with one attached hydrogen (secondary N) is 1. The van der Waals surface area contributed by atoms with E-state index < -0.39 is 17.6 Å². The highest BCUT2D eigenvalue weighted by Gasteiger charge is 2.21. The smallest absolute Gasteiger partial charge is 0.322 e. The summed E-state index contributed by atoms with van der Waals surface area (Å²) in [6.45, 7) is 7.99. The van der Waals surface area contributed by atoms with Crippen molar-refractivity contribution < 1.29 is 19.1 Å². The zero-order valence-corrected chi connectivity index (χ0v) is 19.7. The van der Waals surface area contributed by atoms with E-state index in [0.717, 1.165) is 0 Å². The predicted molar refractivity (Wildman–Crippen MR) is 122 cm³/mol. The van der Waals surface area contributed by atoms with E-state index in [4.69, 9.17) is 20.9 Å². The van der Waals surface area contributed by atoms with Gasteiger partial charge in [0.15, 0.2) is 11.2 Å². The number of nitrogens with two attached hydrogens (primary N) is 2. The molecule has 1 unspecified atom stereocenters. The number of hydrogen-bond donors (Lipinski definition) is 3. The van der Waals surface area contributed by atoms with Crippen LogP contribution in [0.1, 0.15) is 40.5 Å². The molecule has 2 rings (SSSR count). The van der Waals surface area contributed by atoms with Crippen molar-refractivity contribution in [3.05, 3.63) is 16.7 Å². The third-order valence-corrected chi connectivity index (χ3v) is 4.69. The number of rotatable bonds is 11. The van der Waals surface area contributed by atoms with Crippen molar-refractivity contribution in [2.45, 2.75) is 53.1 Å². The van der Waals surface area contributed by atoms with Gasteiger partial charge in [-0.15, -0.1) is 12.4 Å². The summed E-state index contributed by atoms with van der Waals surface area (Å²) in [7, 11) is 0. The number of aromatic amines is 1. The Morgan fingerprint density at radius 1 is 1.16 bits per heavy atom. The standard InChI is InChI=1S/C20H32N6O5.ClH/c1-11(2)7-14(21)19(29)31-9-13(8-30-18(28)12(3)4)5-6-26-10-23-15-16(26)24-20(22)25-17(15)27;/h10-14H,5-9,21H2,1-4H3,(H3,22,24,25,27);1H/t13?,14-;/m0./s1. The largest absolute Gasteiger partial charge is 0.465 e. The van der Waals surface area contributed by atoms with Gasteiger partial charge in [-0.2, -0.15) is 4.98 Å². The van der Waals surface area contributed by atoms with E-state index in [1.165, 1.54) is 6.33 Å². The molecule has 0 aliphatic heterocycles. The normalized spacial score (nSPS) is 13.1. The molecule has 0 bridgehead atoms. The number of fused-ring (bicyclic) bond motifs is 1. The number of hydrogen-bond acceptors (Lipinski definition) is 9. The number of nitrogens with zero attached hydrogens (tertiary/aromatic N) is 3. The lowest BCUT2D eigenvalue weighted by atomic mass is 10.0. The van der Waals surface area contributed by atoms with Crippen molar-refractivity contribution in [3.8, 4) is 0 Å². The maximum atomic E-state index is 12.2. The summed E-state index contributed by atoms with van der Waals surface area (Å²) in [5.41, 5.74) is 11.6. The molecule has 11 nitrogen and oxygen atoms in total. The number of carbonyl (C=O) groups excluding carboxylic acids is 2. The molecule has 5 N–H and O–H groups in total. The fourth-order valence-corrected chi connectivity index (χ4v) is 2.95. The van der Waals surface area contributed by atoms with E-state index >= 15 is 0 Å². The number of aromatic nitrogens is 4. The van der Waals surface area contributed by atoms with Gasteiger partial charge in [0.25, 0.3) is 5.56 Å². The SMILES string of the molecule is CC(C)C[C@H](N)C(=O)OCC(CCn1cnc2c(=O)[nH]c(N)nc21)COC(=O)C(C)C.Cl. The second kappa shape index (κ2) is 12.4. The number of carbonyl (C=O) groups is 2. The Hall–Kier alpha value is -2.66. The van der Waals surface area contributed by atoms with Crippen molar-refractivity contribution in [1.29, 1.82) is 0 Å². The Bertz CT molecular complexity index is 958. The van der Waals surface area contributed by atoms with E-state index in [9.17, 15) is 14.4 Å². The molecule has 180 valence electrons. The van der Waals surface area contributed by atoms with Gasteiger partial charge in [-0.1, -0.05) is 27.7 Å². The zero-order valence-electron chi connectivity index (χ0n) is 18.9. The van der Waals surface area contributed by atoms with Crippen LogP contribution in [0.4, 0.5) is 5.95 Å². The van der Waals surface area contributed by atoms with Crippen molar-refractivity contribution in [2.24, 2.45) is 23.5 Å². The molecule has 0 spiro atoms. The van der Waals surface area contributed by atoms with Gasteiger partial charge in [0, 0.05) is 12.5 Å². The average Bonchev–Trinajstić information content (AvgIpc) is 3.09. The van der Waals surface area contributed by atoms with Crippen LogP contribution in [-0.2, 0) is 25.6 Å². The van der Waals surface area contributed by atoms with Gasteiger partial charge < -0.3 is 25.5 Å². The predicted octanol–water partition coefficient (Wildman–Crippen LogP) is 1.25. The first kappa shape index (κ1) is 27.4. The maximum absolute atomic E-state index is 12.2. The average molecular weight is 473 g/mol. The lowest BCUT2D eigenvalue weighted by Gasteiger charge is -2.20. The minimum atomic E-state index is -0.699. The Morgan fingerprint density at radius 3 is 2.38 bits per heavy atom. The van der Waals surface area contributed by atoms with Gasteiger partial charge in [-0.05, 0) is 18.8 Å². The van der Waals surface area contributed by atoms with Crippen LogP contribution in [0.5, 0.6) is 0 Å². The van der Waals surface area contributed by atoms with E-state index in [1.807, 2.05) is 13.8 Å². The topological polar surface area (TPSA) is 168 Å². The minimum absolute atomic E-state index is 0. The highest BCUT2D eigenvalue weighted by molar-refractivity contribution is 5.85. The third kappa shape index (κ3) is 7.79. The number of ether oxygens (including phenoxy) is 2. The molecule has 2 atom stereocenters. The second-order valence-corrected chi connectivity index (χ2v) is 8.37. The molecule has 0 amide bonds. The van der Waals surface area contributed by atoms with Gasteiger partial charge in [-0.3, -0.25) is 19.4 Å². The van der Waals surface area contributed by atoms with Crippen molar-refractivity contribution >= 4 is 41.5 Å². The first-order chi connectivity index (χ1) is 14.6. The van der Waals surface area contributed by atoms with Gasteiger partial charge >= 0.3 is 11.9 Å². The molecule has 0 aliphatic rings. The summed E-state index contributed by atoms with van der Waals surface area (Å²) >= 11 is 0. The Morgan fingerprint density at radius 2 is 1.78 bits per heavy atom. The number of imidazole rings is 1. The molecule has 2 heterocycles. The zero-order chi connectivity index (χ0) is 23.1. The fraction of sp³-hybridized carbons (Fsp3) is 0.650. The van der Waals surface area contributed by atoms with Gasteiger partial charge in [0.1, 0.15) is 6.04 Å². The summed E-state index contributed by atoms with van der Waals surface area (Å²) in [6, 6.07) is -0.699. The number of nitrogen functional groups attached to an aromatic ring is 1. The van der Waals surface area contributed by atoms with Gasteiger partial charge in [0.05, 0.1) is 25.5 Å². The van der Waals surface area contributed by atoms with Crippen LogP contribution in [0.3, 0.4) is 0 Å². The fourth-order valence-electron chi connectivity index (χ4n) is 2.95. The van der Waals surface area contributed by atoms with Crippen LogP contribution < -0.4 is 17.0 Å². The van der Waals surface area contributed by atoms with E-state index in [2.05, 4.69) is 15.0 Å². The molecular formula is C20H33ClN6O5. The van der Waals surface area contributed by atoms with Crippen LogP contribution in [0, 0.1) is 17.8 Å². The number of H-pyrrole nitrogens is 1. The monoisotopic (exact) mass is 472 g/mol. The van der Waals surface area contributed by atoms with Crippen molar-refractivity contribution in [3.63, 3.8) is 0 Å². The molecule has 12 heteroatoms. The van der Waals surface area contributed by atoms with Crippen molar-refractivity contribution in [2.75, 3.05) is 18.9 Å². The van der Waals surface area contributed by atoms with E-state index in [1.54, 1.807) is 18.4 Å². The number of anilines is 1. The Labute approximate surface area is 192 Å². The van der Waals surface area contributed by atoms with Crippen LogP contribution >= 0.6 is 12.4 Å². The van der Waals surface area contributed by atoms with Crippen LogP contribution in [-0.4, -0.2) is 50.7 Å². The Kier molecular flexibility index (Phi) is 10.6. The lowest BCUT2D eigenvalue weighted by molar-refractivity contribution is -0.152. The summed E-state index contributed by atoms with van der Waals surface area (Å²) < 4.78 is 12.4. The van der Waals surface area contributed by atoms with Crippen LogP contribution in [0.25, 0.3) is 11.2 Å². The van der Waals surface area contributed by atoms with Crippen molar-refractivity contribution in [1.82, 2.24) is 19.5 Å². The summed E-state index contributed by atoms with van der Waals surface area (Å²) in [5, 5.41) is 0. The molecular weight excluding hydrogens is 440 g/mol. The Balaban J connectivity index is 0.00000512. The summed E-state index contributed by atoms with van der Waals surface area (Å²) in [5.74, 6) is -1.09. The van der Waals surface area contributed by atoms with Gasteiger partial charge in [-0.25, -0.2) is 4.98 Å². The molecule has 0 aromatic carbocycles. The minimum Gasteiger partial charge on any atom is -0.465 e. The first-order valence-electron chi connectivity index (χ1n) is 10.4. The van der Waals surface area contributed by atoms with Gasteiger partial charge in [0.2, 0.25) is 5.95 Å². The number of halogens is 1. The lowest BCUT2D eigenvalue weighted by Crippen LogP contribution is -2.35. The molecule has 0 aliphatic carbocycles. The summed E-state index contributed by atoms with van der Waals surface area (Å²) in [6.07, 6.45) is 2.50. The molecule has 32 heavy (non-hydrogen) atoms. The quantitative estimate of drug-likeness (QED) is 0.407. The molecule has 0 saturated heterocycles. The van der Waals surface area contributed by atoms with E-state index in [0.29, 0.717) is 25.0 Å². The maximum Gasteiger partial charge on any atom is 0.322 e. The highest BCUT2D eigenvalue weighted by Crippen LogP contribution is 2.14. The molecule has 0 fully saturated rings. The first-order valence-corrected chi connectivity index (χ1v) is 10.4.